The van der Waals surface area contributed by atoms with E-state index < -0.39 is 65.1 Å². The van der Waals surface area contributed by atoms with Gasteiger partial charge < -0.3 is 29.5 Å². The predicted molar refractivity (Wildman–Crippen MR) is 156 cm³/mol. The molecular weight excluding hydrogens is 660 g/mol. The Morgan fingerprint density at radius 2 is 1.77 bits per heavy atom. The third-order valence-electron chi connectivity index (χ3n) is 7.25. The number of halogens is 6. The van der Waals surface area contributed by atoms with Crippen molar-refractivity contribution in [3.05, 3.63) is 77.7 Å². The number of anilines is 1. The van der Waals surface area contributed by atoms with Gasteiger partial charge in [-0.1, -0.05) is 19.1 Å². The van der Waals surface area contributed by atoms with Gasteiger partial charge in [0.25, 0.3) is 5.91 Å². The van der Waals surface area contributed by atoms with Crippen molar-refractivity contribution in [3.63, 3.8) is 0 Å². The summed E-state index contributed by atoms with van der Waals surface area (Å²) < 4.78 is 117. The SMILES string of the molecule is CCS(=O)(=O)c1ccc([C@H](CCO)NC(=O)c2cnc(N3C[C@@H](Oc4ccc(OC(F)(F)F)cc4)C[C@H]3COC(F)F)c(F)c2)cc1. The Bertz CT molecular complexity index is 1610. The molecule has 1 fully saturated rings. The highest BCUT2D eigenvalue weighted by atomic mass is 32.2. The number of hydrogen-bond acceptors (Lipinski definition) is 9. The van der Waals surface area contributed by atoms with Gasteiger partial charge in [0.1, 0.15) is 17.6 Å². The number of amides is 1. The molecular formula is C30H31F6N3O7S. The molecule has 3 atom stereocenters. The van der Waals surface area contributed by atoms with Crippen molar-refractivity contribution in [1.29, 1.82) is 0 Å². The van der Waals surface area contributed by atoms with Crippen molar-refractivity contribution < 1.29 is 58.9 Å². The molecule has 0 unspecified atom stereocenters. The molecule has 1 aliphatic heterocycles. The highest BCUT2D eigenvalue weighted by molar-refractivity contribution is 7.91. The van der Waals surface area contributed by atoms with Gasteiger partial charge in [-0.3, -0.25) is 4.79 Å². The van der Waals surface area contributed by atoms with Crippen molar-refractivity contribution in [2.24, 2.45) is 0 Å². The van der Waals surface area contributed by atoms with Crippen LogP contribution < -0.4 is 19.7 Å². The monoisotopic (exact) mass is 691 g/mol. The lowest BCUT2D eigenvalue weighted by Gasteiger charge is -2.25. The Labute approximate surface area is 266 Å². The highest BCUT2D eigenvalue weighted by Gasteiger charge is 2.37. The van der Waals surface area contributed by atoms with Crippen LogP contribution in [0.15, 0.2) is 65.7 Å². The molecule has 0 radical (unpaired) electrons. The van der Waals surface area contributed by atoms with Crippen molar-refractivity contribution >= 4 is 21.6 Å². The predicted octanol–water partition coefficient (Wildman–Crippen LogP) is 5.03. The van der Waals surface area contributed by atoms with Gasteiger partial charge in [-0.25, -0.2) is 17.8 Å². The quantitative estimate of drug-likeness (QED) is 0.224. The number of carbonyl (C=O) groups is 1. The van der Waals surface area contributed by atoms with Crippen molar-refractivity contribution in [3.8, 4) is 11.5 Å². The number of carbonyl (C=O) groups excluding carboxylic acids is 1. The van der Waals surface area contributed by atoms with E-state index in [0.717, 1.165) is 24.4 Å². The third-order valence-corrected chi connectivity index (χ3v) is 9.00. The average Bonchev–Trinajstić information content (AvgIpc) is 3.42. The van der Waals surface area contributed by atoms with E-state index in [1.807, 2.05) is 0 Å². The Balaban J connectivity index is 1.48. The van der Waals surface area contributed by atoms with E-state index in [0.29, 0.717) is 5.56 Å². The van der Waals surface area contributed by atoms with Crippen LogP contribution in [0.4, 0.5) is 32.2 Å². The first-order valence-electron chi connectivity index (χ1n) is 14.3. The maximum atomic E-state index is 15.4. The molecule has 2 heterocycles. The fraction of sp³-hybridized carbons (Fsp3) is 0.400. The third kappa shape index (κ3) is 9.71. The standard InChI is InChI=1S/C30H31F6N3O7S/c1-2-47(42,43)24-9-3-18(4-10-24)26(11-12-40)38-28(41)19-13-25(31)27(37-15-19)39-16-23(14-20(39)17-44-29(32)33)45-21-5-7-22(8-6-21)46-30(34,35)36/h3-10,13,15,20,23,26,29,40H,2,11-12,14,16-17H2,1H3,(H,38,41)/t20-,23-,26-/m0/s1. The Morgan fingerprint density at radius 1 is 1.11 bits per heavy atom. The van der Waals surface area contributed by atoms with Gasteiger partial charge in [-0.05, 0) is 54.4 Å². The van der Waals surface area contributed by atoms with E-state index in [4.69, 9.17) is 4.74 Å². The summed E-state index contributed by atoms with van der Waals surface area (Å²) >= 11 is 0. The first-order valence-corrected chi connectivity index (χ1v) is 15.9. The summed E-state index contributed by atoms with van der Waals surface area (Å²) in [5, 5.41) is 12.2. The minimum Gasteiger partial charge on any atom is -0.489 e. The molecule has 47 heavy (non-hydrogen) atoms. The molecule has 256 valence electrons. The minimum absolute atomic E-state index is 0.0597. The van der Waals surface area contributed by atoms with Crippen LogP contribution in [0.1, 0.15) is 41.7 Å². The van der Waals surface area contributed by atoms with E-state index in [1.165, 1.54) is 48.2 Å². The Morgan fingerprint density at radius 3 is 2.34 bits per heavy atom. The molecule has 4 rings (SSSR count). The first-order chi connectivity index (χ1) is 22.2. The number of hydrogen-bond donors (Lipinski definition) is 2. The second-order valence-electron chi connectivity index (χ2n) is 10.4. The number of sulfone groups is 1. The van der Waals surface area contributed by atoms with Gasteiger partial charge in [0, 0.05) is 19.2 Å². The van der Waals surface area contributed by atoms with Gasteiger partial charge >= 0.3 is 13.0 Å². The molecule has 0 spiro atoms. The maximum Gasteiger partial charge on any atom is 0.573 e. The van der Waals surface area contributed by atoms with Crippen LogP contribution in [0.5, 0.6) is 11.5 Å². The number of aliphatic hydroxyl groups is 1. The van der Waals surface area contributed by atoms with Crippen molar-refractivity contribution in [2.75, 3.05) is 30.4 Å². The summed E-state index contributed by atoms with van der Waals surface area (Å²) in [7, 11) is -3.46. The zero-order chi connectivity index (χ0) is 34.4. The zero-order valence-corrected chi connectivity index (χ0v) is 25.6. The van der Waals surface area contributed by atoms with Crippen LogP contribution in [0.25, 0.3) is 0 Å². The minimum atomic E-state index is -4.88. The van der Waals surface area contributed by atoms with Gasteiger partial charge in [0.15, 0.2) is 21.5 Å². The number of benzene rings is 2. The fourth-order valence-corrected chi connectivity index (χ4v) is 5.89. The smallest absolute Gasteiger partial charge is 0.489 e. The number of aromatic nitrogens is 1. The van der Waals surface area contributed by atoms with Crippen LogP contribution in [0.3, 0.4) is 0 Å². The lowest BCUT2D eigenvalue weighted by Crippen LogP contribution is -2.35. The second kappa shape index (κ2) is 15.2. The molecule has 10 nitrogen and oxygen atoms in total. The number of aliphatic hydroxyl groups excluding tert-OH is 1. The van der Waals surface area contributed by atoms with Crippen LogP contribution in [-0.4, -0.2) is 75.0 Å². The van der Waals surface area contributed by atoms with Crippen molar-refractivity contribution in [1.82, 2.24) is 10.3 Å². The number of alkyl halides is 5. The zero-order valence-electron chi connectivity index (χ0n) is 24.8. The van der Waals surface area contributed by atoms with E-state index in [-0.39, 0.29) is 53.8 Å². The molecule has 17 heteroatoms. The fourth-order valence-electron chi connectivity index (χ4n) is 5.01. The summed E-state index contributed by atoms with van der Waals surface area (Å²) in [4.78, 5) is 18.6. The second-order valence-corrected chi connectivity index (χ2v) is 12.7. The van der Waals surface area contributed by atoms with Crippen LogP contribution >= 0.6 is 0 Å². The molecule has 2 aromatic carbocycles. The van der Waals surface area contributed by atoms with Crippen molar-refractivity contribution in [2.45, 2.75) is 55.8 Å². The van der Waals surface area contributed by atoms with Gasteiger partial charge in [0.05, 0.1) is 41.4 Å². The summed E-state index contributed by atoms with van der Waals surface area (Å²) in [6.07, 6.45) is -4.39. The summed E-state index contributed by atoms with van der Waals surface area (Å²) in [5.74, 6) is -2.39. The normalized spacial score (nSPS) is 17.5. The van der Waals surface area contributed by atoms with Crippen LogP contribution in [-0.2, 0) is 14.6 Å². The lowest BCUT2D eigenvalue weighted by atomic mass is 10.0. The molecule has 0 saturated carbocycles. The molecule has 1 amide bonds. The topological polar surface area (TPSA) is 127 Å². The van der Waals surface area contributed by atoms with E-state index >= 15 is 4.39 Å². The van der Waals surface area contributed by atoms with E-state index in [2.05, 4.69) is 19.8 Å². The van der Waals surface area contributed by atoms with Crippen LogP contribution in [0.2, 0.25) is 0 Å². The van der Waals surface area contributed by atoms with Gasteiger partial charge in [0.2, 0.25) is 0 Å². The Kier molecular flexibility index (Phi) is 11.6. The summed E-state index contributed by atoms with van der Waals surface area (Å²) in [6, 6.07) is 9.63. The van der Waals surface area contributed by atoms with Crippen LogP contribution in [0, 0.1) is 5.82 Å². The maximum absolute atomic E-state index is 15.4. The Hall–Kier alpha value is -4.09. The average molecular weight is 692 g/mol. The number of pyridine rings is 1. The summed E-state index contributed by atoms with van der Waals surface area (Å²) in [5.41, 5.74) is 0.313. The van der Waals surface area contributed by atoms with Gasteiger partial charge in [-0.15, -0.1) is 13.2 Å². The molecule has 1 aromatic heterocycles. The molecule has 1 aliphatic rings. The molecule has 2 N–H and O–H groups in total. The van der Waals surface area contributed by atoms with E-state index in [9.17, 15) is 40.3 Å². The molecule has 1 saturated heterocycles. The lowest BCUT2D eigenvalue weighted by molar-refractivity contribution is -0.274. The summed E-state index contributed by atoms with van der Waals surface area (Å²) in [6.45, 7) is -2.51. The molecule has 3 aromatic rings. The largest absolute Gasteiger partial charge is 0.573 e. The number of rotatable bonds is 14. The molecule has 0 bridgehead atoms. The number of nitrogens with one attached hydrogen (secondary N) is 1. The van der Waals surface area contributed by atoms with Gasteiger partial charge in [-0.2, -0.15) is 8.78 Å². The first kappa shape index (κ1) is 35.8. The highest BCUT2D eigenvalue weighted by Crippen LogP contribution is 2.31. The van der Waals surface area contributed by atoms with E-state index in [1.54, 1.807) is 0 Å². The number of ether oxygens (including phenoxy) is 3. The number of nitrogens with zero attached hydrogens (tertiary/aromatic N) is 2. The molecule has 0 aliphatic carbocycles.